The van der Waals surface area contributed by atoms with E-state index in [1.54, 1.807) is 29.6 Å². The number of nitrogens with one attached hydrogen (secondary N) is 1. The molecule has 0 bridgehead atoms. The maximum atomic E-state index is 13.1. The zero-order valence-electron chi connectivity index (χ0n) is 13.6. The fourth-order valence-electron chi connectivity index (χ4n) is 2.57. The van der Waals surface area contributed by atoms with Crippen molar-refractivity contribution < 1.29 is 12.8 Å². The number of aryl methyl sites for hydroxylation is 1. The first-order chi connectivity index (χ1) is 12.4. The third kappa shape index (κ3) is 3.18. The quantitative estimate of drug-likeness (QED) is 0.543. The number of benzene rings is 1. The van der Waals surface area contributed by atoms with Crippen LogP contribution >= 0.6 is 22.7 Å². The molecule has 1 aromatic carbocycles. The topological polar surface area (TPSA) is 63.5 Å². The van der Waals surface area contributed by atoms with Gasteiger partial charge >= 0.3 is 0 Å². The van der Waals surface area contributed by atoms with E-state index in [9.17, 15) is 12.8 Å². The zero-order valence-corrected chi connectivity index (χ0v) is 16.1. The van der Waals surface area contributed by atoms with Crippen LogP contribution in [-0.2, 0) is 16.6 Å². The molecule has 26 heavy (non-hydrogen) atoms. The van der Waals surface area contributed by atoms with Gasteiger partial charge < -0.3 is 0 Å². The summed E-state index contributed by atoms with van der Waals surface area (Å²) in [7, 11) is -3.50. The molecule has 5 nitrogen and oxygen atoms in total. The minimum atomic E-state index is -3.50. The van der Waals surface area contributed by atoms with Crippen LogP contribution in [0, 0.1) is 12.7 Å². The van der Waals surface area contributed by atoms with Crippen LogP contribution < -0.4 is 4.72 Å². The van der Waals surface area contributed by atoms with Crippen LogP contribution in [0.2, 0.25) is 0 Å². The van der Waals surface area contributed by atoms with Crippen molar-refractivity contribution in [3.05, 3.63) is 64.4 Å². The molecule has 3 heterocycles. The first-order valence-electron chi connectivity index (χ1n) is 7.70. The number of hydrogen-bond acceptors (Lipinski definition) is 5. The molecule has 3 aromatic heterocycles. The van der Waals surface area contributed by atoms with E-state index in [1.165, 1.54) is 34.8 Å². The lowest BCUT2D eigenvalue weighted by Gasteiger charge is -2.04. The lowest BCUT2D eigenvalue weighted by Crippen LogP contribution is -2.22. The normalized spacial score (nSPS) is 12.1. The van der Waals surface area contributed by atoms with Crippen molar-refractivity contribution in [3.8, 4) is 11.3 Å². The molecule has 0 aliphatic carbocycles. The van der Waals surface area contributed by atoms with Crippen molar-refractivity contribution >= 4 is 37.7 Å². The van der Waals surface area contributed by atoms with Gasteiger partial charge in [0.15, 0.2) is 4.96 Å². The standard InChI is InChI=1S/C17H14FN3O2S3/c1-11-15(9-19-26(22,23)16-3-2-8-24-16)25-17-20-14(10-21(11)17)12-4-6-13(18)7-5-12/h2-8,10,19H,9H2,1H3. The first kappa shape index (κ1) is 17.3. The Hall–Kier alpha value is -2.07. The highest BCUT2D eigenvalue weighted by Crippen LogP contribution is 2.27. The summed E-state index contributed by atoms with van der Waals surface area (Å²) >= 11 is 2.62. The fraction of sp³-hybridized carbons (Fsp3) is 0.118. The van der Waals surface area contributed by atoms with Crippen molar-refractivity contribution in [2.45, 2.75) is 17.7 Å². The molecule has 0 spiro atoms. The average Bonchev–Trinajstić information content (AvgIpc) is 3.33. The van der Waals surface area contributed by atoms with Gasteiger partial charge in [0.25, 0.3) is 0 Å². The molecule has 0 atom stereocenters. The van der Waals surface area contributed by atoms with Gasteiger partial charge in [-0.3, -0.25) is 4.40 Å². The Bertz CT molecular complexity index is 1160. The summed E-state index contributed by atoms with van der Waals surface area (Å²) < 4.78 is 42.4. The van der Waals surface area contributed by atoms with Crippen LogP contribution in [0.25, 0.3) is 16.2 Å². The van der Waals surface area contributed by atoms with Gasteiger partial charge in [-0.2, -0.15) is 0 Å². The lowest BCUT2D eigenvalue weighted by atomic mass is 10.2. The second-order valence-corrected chi connectivity index (χ2v) is 9.66. The predicted octanol–water partition coefficient (Wildman–Crippen LogP) is 4.05. The molecular formula is C17H14FN3O2S3. The number of rotatable bonds is 5. The van der Waals surface area contributed by atoms with Gasteiger partial charge in [0.1, 0.15) is 10.0 Å². The number of thiazole rings is 1. The van der Waals surface area contributed by atoms with Gasteiger partial charge in [-0.25, -0.2) is 22.5 Å². The Morgan fingerprint density at radius 2 is 2.00 bits per heavy atom. The van der Waals surface area contributed by atoms with Gasteiger partial charge in [0, 0.05) is 28.9 Å². The number of fused-ring (bicyclic) bond motifs is 1. The van der Waals surface area contributed by atoms with E-state index in [1.807, 2.05) is 17.5 Å². The molecule has 0 unspecified atom stereocenters. The molecule has 134 valence electrons. The number of nitrogens with zero attached hydrogens (tertiary/aromatic N) is 2. The van der Waals surface area contributed by atoms with Crippen LogP contribution in [0.5, 0.6) is 0 Å². The van der Waals surface area contributed by atoms with Crippen LogP contribution in [0.3, 0.4) is 0 Å². The minimum absolute atomic E-state index is 0.214. The van der Waals surface area contributed by atoms with Crippen molar-refractivity contribution in [2.75, 3.05) is 0 Å². The lowest BCUT2D eigenvalue weighted by molar-refractivity contribution is 0.583. The fourth-order valence-corrected chi connectivity index (χ4v) is 5.73. The van der Waals surface area contributed by atoms with Gasteiger partial charge in [0.2, 0.25) is 10.0 Å². The number of thiophene rings is 1. The molecule has 0 aliphatic heterocycles. The average molecular weight is 408 g/mol. The van der Waals surface area contributed by atoms with Crippen molar-refractivity contribution in [1.82, 2.24) is 14.1 Å². The van der Waals surface area contributed by atoms with Crippen LogP contribution in [-0.4, -0.2) is 17.8 Å². The summed E-state index contributed by atoms with van der Waals surface area (Å²) in [4.78, 5) is 6.24. The highest BCUT2D eigenvalue weighted by Gasteiger charge is 2.18. The molecule has 0 amide bonds. The first-order valence-corrected chi connectivity index (χ1v) is 10.9. The van der Waals surface area contributed by atoms with Gasteiger partial charge in [0.05, 0.1) is 5.69 Å². The number of aromatic nitrogens is 2. The molecule has 0 radical (unpaired) electrons. The molecule has 9 heteroatoms. The maximum Gasteiger partial charge on any atom is 0.250 e. The van der Waals surface area contributed by atoms with Crippen molar-refractivity contribution in [1.29, 1.82) is 0 Å². The summed E-state index contributed by atoms with van der Waals surface area (Å²) in [5, 5.41) is 1.73. The smallest absolute Gasteiger partial charge is 0.250 e. The van der Waals surface area contributed by atoms with E-state index in [0.717, 1.165) is 26.8 Å². The summed E-state index contributed by atoms with van der Waals surface area (Å²) in [5.41, 5.74) is 2.52. The second kappa shape index (κ2) is 6.58. The van der Waals surface area contributed by atoms with E-state index in [0.29, 0.717) is 4.21 Å². The summed E-state index contributed by atoms with van der Waals surface area (Å²) in [5.74, 6) is -0.286. The third-order valence-electron chi connectivity index (χ3n) is 3.98. The van der Waals surface area contributed by atoms with E-state index < -0.39 is 10.0 Å². The predicted molar refractivity (Wildman–Crippen MR) is 102 cm³/mol. The number of hydrogen-bond donors (Lipinski definition) is 1. The Morgan fingerprint density at radius 3 is 2.65 bits per heavy atom. The molecule has 4 aromatic rings. The van der Waals surface area contributed by atoms with Crippen molar-refractivity contribution in [3.63, 3.8) is 0 Å². The monoisotopic (exact) mass is 407 g/mol. The maximum absolute atomic E-state index is 13.1. The number of imidazole rings is 1. The third-order valence-corrected chi connectivity index (χ3v) is 7.93. The van der Waals surface area contributed by atoms with Crippen LogP contribution in [0.1, 0.15) is 10.6 Å². The summed E-state index contributed by atoms with van der Waals surface area (Å²) in [6.45, 7) is 2.14. The number of sulfonamides is 1. The van der Waals surface area contributed by atoms with Gasteiger partial charge in [-0.1, -0.05) is 17.4 Å². The zero-order chi connectivity index (χ0) is 18.3. The highest BCUT2D eigenvalue weighted by atomic mass is 32.2. The molecule has 1 N–H and O–H groups in total. The Balaban J connectivity index is 1.59. The van der Waals surface area contributed by atoms with Crippen LogP contribution in [0.4, 0.5) is 4.39 Å². The number of halogens is 1. The van der Waals surface area contributed by atoms with E-state index in [4.69, 9.17) is 0 Å². The summed E-state index contributed by atoms with van der Waals surface area (Å²) in [6, 6.07) is 9.47. The molecular weight excluding hydrogens is 393 g/mol. The van der Waals surface area contributed by atoms with E-state index >= 15 is 0 Å². The SMILES string of the molecule is Cc1c(CNS(=O)(=O)c2cccs2)sc2nc(-c3ccc(F)cc3)cn12. The van der Waals surface area contributed by atoms with Gasteiger partial charge in [-0.15, -0.1) is 11.3 Å². The van der Waals surface area contributed by atoms with Crippen LogP contribution in [0.15, 0.2) is 52.2 Å². The molecule has 0 fully saturated rings. The van der Waals surface area contributed by atoms with Crippen molar-refractivity contribution in [2.24, 2.45) is 0 Å². The Labute approximate surface area is 157 Å². The molecule has 4 rings (SSSR count). The Kier molecular flexibility index (Phi) is 4.39. The Morgan fingerprint density at radius 1 is 1.23 bits per heavy atom. The largest absolute Gasteiger partial charge is 0.294 e. The van der Waals surface area contributed by atoms with E-state index in [-0.39, 0.29) is 12.4 Å². The highest BCUT2D eigenvalue weighted by molar-refractivity contribution is 7.91. The molecule has 0 saturated heterocycles. The van der Waals surface area contributed by atoms with E-state index in [2.05, 4.69) is 9.71 Å². The summed E-state index contributed by atoms with van der Waals surface area (Å²) in [6.07, 6.45) is 1.88. The molecule has 0 aliphatic rings. The molecule has 0 saturated carbocycles. The second-order valence-electron chi connectivity index (χ2n) is 5.65. The minimum Gasteiger partial charge on any atom is -0.294 e. The van der Waals surface area contributed by atoms with Gasteiger partial charge in [-0.05, 0) is 42.6 Å².